The summed E-state index contributed by atoms with van der Waals surface area (Å²) in [6, 6.07) is -3.25. The van der Waals surface area contributed by atoms with Crippen LogP contribution < -0.4 is 149 Å². The first-order chi connectivity index (χ1) is 66.2. The number of carbonyl (C=O) groups excluding carboxylic acids is 13. The molecule has 0 aliphatic carbocycles. The van der Waals surface area contributed by atoms with E-state index in [2.05, 4.69) is 99.1 Å². The minimum absolute atomic E-state index is 0.000397. The van der Waals surface area contributed by atoms with E-state index in [4.69, 9.17) is 80.3 Å². The fourth-order valence-corrected chi connectivity index (χ4v) is 16.5. The minimum atomic E-state index is -1.88. The molecule has 1 aromatic heterocycles. The van der Waals surface area contributed by atoms with Crippen molar-refractivity contribution in [1.29, 1.82) is 0 Å². The smallest absolute Gasteiger partial charge is 0.326 e. The van der Waals surface area contributed by atoms with Gasteiger partial charge in [-0.1, -0.05) is 83.1 Å². The lowest BCUT2D eigenvalue weighted by Gasteiger charge is -2.28. The van der Waals surface area contributed by atoms with Gasteiger partial charge in [-0.05, 0) is 176 Å². The molecule has 0 bridgehead atoms. The fraction of sp³-hybridized carbons (Fsp3) is 0.529. The van der Waals surface area contributed by atoms with E-state index in [1.54, 1.807) is 36.5 Å². The Balaban J connectivity index is 1.84. The molecule has 2 heterocycles. The zero-order chi connectivity index (χ0) is 102. The summed E-state index contributed by atoms with van der Waals surface area (Å²) in [5, 5.41) is 67.1. The molecule has 52 heteroatoms. The van der Waals surface area contributed by atoms with E-state index in [-0.39, 0.29) is 203 Å². The summed E-state index contributed by atoms with van der Waals surface area (Å²) in [4.78, 5) is 231. The standard InChI is InChI=1S/C87H139N33O17S2/c1-48-24-29-52(14-4-6-34-88)109-71(125)58(18-5-7-35-89)111-72(126)60(20-10-38-104-84(95)96)114-77(131)65(43-50-27-32-54(122)33-28-50)117-80(134)68(120-78(132)66(44-51-45-108-57-17-3-2-15-55(51)57)118-74(128)59(19-9-37-103-83(93)94)110-70(124)56(90)16-8-36-102-82(91)92)47-139-138-46-67(79(133)115-63(81(135)136)23-13-40-106-86(99)100)119-75(129)62(22-12-41-107-87(101)137)112-73(127)61(21-11-39-105-85(97)98)113-76(130)64(116-69(48)123)42-49-25-30-53(121)31-26-49/h2-3,15,17,24-33,45,48,52,56,58-68,108,121-122H,4-14,16,18-23,34-44,46-47,88-90H2,1H3,(H,109,125)(H,110,124)(H,111,126)(H,112,127)(H,113,130)(H,114,131)(H,115,133)(H,116,123)(H,117,134)(H,118,128)(H,119,129)(H,120,132)(H,135,136)(H4,91,92,102)(H4,93,94,103)(H4,95,96,104)(H4,97,98,105)(H4,99,100,106)(H3,101,107,137)/b29-24-/t48-,52+,56-,58-,59-,60+,61+,62?,63-,64-,65-,66-,67-,68-/m0/s1. The van der Waals surface area contributed by atoms with Gasteiger partial charge in [0.05, 0.1) is 12.0 Å². The van der Waals surface area contributed by atoms with Crippen molar-refractivity contribution in [1.82, 2.24) is 74.1 Å². The Labute approximate surface area is 812 Å². The molecule has 50 nitrogen and oxygen atoms in total. The van der Waals surface area contributed by atoms with Gasteiger partial charge in [-0.25, -0.2) is 9.59 Å². The molecule has 5 rings (SSSR count). The summed E-state index contributed by atoms with van der Waals surface area (Å²) in [6.07, 6.45) is 4.14. The average Bonchev–Trinajstić information content (AvgIpc) is 1.68. The Bertz CT molecular complexity index is 4850. The zero-order valence-corrected chi connectivity index (χ0v) is 79.5. The van der Waals surface area contributed by atoms with Crippen molar-refractivity contribution >= 4 is 145 Å². The van der Waals surface area contributed by atoms with Crippen LogP contribution in [0.5, 0.6) is 11.5 Å². The number of hydrogen-bond acceptors (Lipinski definition) is 26. The first-order valence-corrected chi connectivity index (χ1v) is 48.1. The first-order valence-electron chi connectivity index (χ1n) is 45.6. The molecular formula is C87H139N33O17S2. The largest absolute Gasteiger partial charge is 0.508 e. The molecule has 45 N–H and O–H groups in total. The quantitative estimate of drug-likeness (QED) is 0.00643. The second kappa shape index (κ2) is 62.6. The van der Waals surface area contributed by atoms with Crippen molar-refractivity contribution < 1.29 is 82.4 Å². The van der Waals surface area contributed by atoms with Gasteiger partial charge in [0.15, 0.2) is 29.8 Å². The molecule has 0 saturated carbocycles. The number of carboxylic acid groups (broad SMARTS) is 1. The highest BCUT2D eigenvalue weighted by Crippen LogP contribution is 2.26. The number of guanidine groups is 5. The zero-order valence-electron chi connectivity index (χ0n) is 77.9. The maximum absolute atomic E-state index is 16.0. The molecule has 1 unspecified atom stereocenters. The van der Waals surface area contributed by atoms with Gasteiger partial charge in [0.25, 0.3) is 0 Å². The number of unbranched alkanes of at least 4 members (excludes halogenated alkanes) is 2. The van der Waals surface area contributed by atoms with Gasteiger partial charge in [0.1, 0.15) is 78.0 Å². The number of carbonyl (C=O) groups is 14. The van der Waals surface area contributed by atoms with Crippen LogP contribution in [0.3, 0.4) is 0 Å². The van der Waals surface area contributed by atoms with Crippen LogP contribution in [0.4, 0.5) is 4.79 Å². The number of fused-ring (bicyclic) bond motifs is 1. The number of primary amides is 1. The van der Waals surface area contributed by atoms with E-state index >= 15 is 47.9 Å². The SMILES string of the molecule is C[C@H]1/C=C\[C@@H](CCCCN)NC(=O)[C@H](CCCCN)NC(=O)[C@@H](CCCN=C(N)N)NC(=O)[C@H](Cc2ccc(O)cc2)NC(=O)[C@@H](NC(=O)[C@H](Cc2c[nH]c3ccccc23)NC(=O)[C@H](CCCN=C(N)N)NC(=O)[C@@H](N)CCCN=C(N)N)CSSC[C@@H](C(=O)N[C@@H](CCCN=C(N)N)C(=O)O)NC(=O)C(CCCNC(N)=O)NC(=O)[C@@H](CCCN=C(N)N)NC(=O)[C@H](Cc2ccc(O)cc2)NC1=O. The summed E-state index contributed by atoms with van der Waals surface area (Å²) in [5.74, 6) is -17.3. The van der Waals surface area contributed by atoms with Crippen LogP contribution in [-0.4, -0.2) is 275 Å². The van der Waals surface area contributed by atoms with Gasteiger partial charge in [0, 0.05) is 93.2 Å². The molecular weight excluding hydrogens is 1840 g/mol. The van der Waals surface area contributed by atoms with Crippen LogP contribution in [0, 0.1) is 5.92 Å². The Morgan fingerprint density at radius 1 is 0.439 bits per heavy atom. The number of nitrogens with one attached hydrogen (secondary N) is 14. The Kier molecular flexibility index (Phi) is 51.9. The average molecular weight is 1980 g/mol. The van der Waals surface area contributed by atoms with E-state index < -0.39 is 185 Å². The molecule has 3 aromatic carbocycles. The molecule has 766 valence electrons. The second-order valence-corrected chi connectivity index (χ2v) is 35.6. The maximum atomic E-state index is 16.0. The van der Waals surface area contributed by atoms with E-state index in [9.17, 15) is 34.5 Å². The summed E-state index contributed by atoms with van der Waals surface area (Å²) in [5.41, 5.74) is 81.9. The number of aromatic hydroxyl groups is 2. The van der Waals surface area contributed by atoms with E-state index in [0.717, 1.165) is 21.6 Å². The molecule has 14 atom stereocenters. The number of phenols is 2. The summed E-state index contributed by atoms with van der Waals surface area (Å²) < 4.78 is 0. The van der Waals surface area contributed by atoms with Gasteiger partial charge in [0.2, 0.25) is 70.9 Å². The summed E-state index contributed by atoms with van der Waals surface area (Å²) >= 11 is 0. The van der Waals surface area contributed by atoms with Crippen molar-refractivity contribution in [2.75, 3.05) is 63.9 Å². The third-order valence-corrected chi connectivity index (χ3v) is 24.1. The van der Waals surface area contributed by atoms with Gasteiger partial charge in [-0.15, -0.1) is 0 Å². The number of amides is 14. The lowest BCUT2D eigenvalue weighted by atomic mass is 10.0. The van der Waals surface area contributed by atoms with Crippen molar-refractivity contribution in [3.8, 4) is 11.5 Å². The van der Waals surface area contributed by atoms with Crippen LogP contribution in [0.1, 0.15) is 139 Å². The van der Waals surface area contributed by atoms with Gasteiger partial charge >= 0.3 is 12.0 Å². The number of hydrogen-bond donors (Lipinski definition) is 31. The highest BCUT2D eigenvalue weighted by atomic mass is 33.1. The number of urea groups is 1. The van der Waals surface area contributed by atoms with Crippen LogP contribution in [0.25, 0.3) is 10.9 Å². The molecule has 0 saturated heterocycles. The second-order valence-electron chi connectivity index (χ2n) is 33.0. The van der Waals surface area contributed by atoms with Crippen molar-refractivity contribution in [3.63, 3.8) is 0 Å². The van der Waals surface area contributed by atoms with Crippen molar-refractivity contribution in [3.05, 3.63) is 108 Å². The van der Waals surface area contributed by atoms with Crippen molar-refractivity contribution in [2.24, 2.45) is 111 Å². The predicted molar refractivity (Wildman–Crippen MR) is 530 cm³/mol. The third kappa shape index (κ3) is 45.1. The Morgan fingerprint density at radius 2 is 0.863 bits per heavy atom. The van der Waals surface area contributed by atoms with Crippen LogP contribution in [-0.2, 0) is 81.6 Å². The first kappa shape index (κ1) is 115. The molecule has 1 aliphatic heterocycles. The topological polar surface area (TPSA) is 898 Å². The molecule has 0 radical (unpaired) electrons. The summed E-state index contributed by atoms with van der Waals surface area (Å²) in [6.45, 7) is 1.47. The fourth-order valence-electron chi connectivity index (χ4n) is 14.2. The highest BCUT2D eigenvalue weighted by Gasteiger charge is 2.39. The highest BCUT2D eigenvalue weighted by molar-refractivity contribution is 8.76. The van der Waals surface area contributed by atoms with Gasteiger partial charge in [-0.2, -0.15) is 0 Å². The van der Waals surface area contributed by atoms with Gasteiger partial charge in [-0.3, -0.25) is 82.5 Å². The number of aromatic amines is 1. The molecule has 14 amide bonds. The van der Waals surface area contributed by atoms with E-state index in [0.29, 0.717) is 46.9 Å². The number of phenolic OH excluding ortho intramolecular Hbond substituents is 2. The number of benzene rings is 3. The number of para-hydroxylation sites is 1. The molecule has 0 fully saturated rings. The maximum Gasteiger partial charge on any atom is 0.326 e. The molecule has 4 aromatic rings. The predicted octanol–water partition coefficient (Wildman–Crippen LogP) is -6.60. The number of nitrogens with zero attached hydrogens (tertiary/aromatic N) is 5. The lowest BCUT2D eigenvalue weighted by molar-refractivity contribution is -0.142. The van der Waals surface area contributed by atoms with Crippen LogP contribution >= 0.6 is 21.6 Å². The number of rotatable bonds is 47. The number of aliphatic carboxylic acids is 1. The number of aromatic nitrogens is 1. The monoisotopic (exact) mass is 1980 g/mol. The van der Waals surface area contributed by atoms with Crippen LogP contribution in [0.15, 0.2) is 116 Å². The number of nitrogens with two attached hydrogens (primary N) is 14. The minimum Gasteiger partial charge on any atom is -0.508 e. The number of carboxylic acids is 1. The third-order valence-electron chi connectivity index (χ3n) is 21.7. The number of aliphatic imine (C=N–C) groups is 5. The van der Waals surface area contributed by atoms with Crippen LogP contribution in [0.2, 0.25) is 0 Å². The van der Waals surface area contributed by atoms with E-state index in [1.807, 2.05) is 0 Å². The van der Waals surface area contributed by atoms with Crippen molar-refractivity contribution in [2.45, 2.75) is 220 Å². The number of H-pyrrole nitrogens is 1. The molecule has 0 spiro atoms. The lowest BCUT2D eigenvalue weighted by Crippen LogP contribution is -2.61. The Morgan fingerprint density at radius 3 is 1.36 bits per heavy atom. The summed E-state index contributed by atoms with van der Waals surface area (Å²) in [7, 11) is 1.50. The Hall–Kier alpha value is -14.1. The van der Waals surface area contributed by atoms with E-state index in [1.165, 1.54) is 61.5 Å². The molecule has 1 aliphatic rings. The molecule has 139 heavy (non-hydrogen) atoms. The van der Waals surface area contributed by atoms with Gasteiger partial charge < -0.3 is 170 Å². The normalized spacial score (nSPS) is 20.2.